The summed E-state index contributed by atoms with van der Waals surface area (Å²) < 4.78 is 10.9. The SMILES string of the molecule is CN1C=CN[C@@]1(NC(=O)CCC(NC(=O)OCC1c2ccccc2-c2ccccc21)NC(=O)OC(C)(C)C)C(=O)O. The Kier molecular flexibility index (Phi) is 8.41. The van der Waals surface area contributed by atoms with Gasteiger partial charge in [-0.05, 0) is 49.4 Å². The van der Waals surface area contributed by atoms with E-state index in [1.165, 1.54) is 24.3 Å². The molecule has 0 fully saturated rings. The summed E-state index contributed by atoms with van der Waals surface area (Å²) in [5, 5.41) is 19.9. The maximum absolute atomic E-state index is 12.9. The van der Waals surface area contributed by atoms with Crippen molar-refractivity contribution >= 4 is 24.1 Å². The smallest absolute Gasteiger partial charge is 0.409 e. The van der Waals surface area contributed by atoms with Gasteiger partial charge in [0.05, 0.1) is 0 Å². The minimum Gasteiger partial charge on any atom is -0.477 e. The Morgan fingerprint density at radius 1 is 1.00 bits per heavy atom. The maximum Gasteiger partial charge on any atom is 0.409 e. The number of carboxylic acids is 1. The molecule has 218 valence electrons. The van der Waals surface area contributed by atoms with Crippen LogP contribution in [-0.2, 0) is 19.1 Å². The van der Waals surface area contributed by atoms with Crippen LogP contribution in [-0.4, -0.2) is 65.3 Å². The second-order valence-electron chi connectivity index (χ2n) is 10.8. The molecule has 1 heterocycles. The first-order chi connectivity index (χ1) is 19.4. The van der Waals surface area contributed by atoms with E-state index in [9.17, 15) is 24.3 Å². The number of rotatable bonds is 9. The van der Waals surface area contributed by atoms with E-state index in [1.54, 1.807) is 20.8 Å². The second kappa shape index (κ2) is 11.8. The van der Waals surface area contributed by atoms with E-state index in [1.807, 2.05) is 48.5 Å². The predicted octanol–water partition coefficient (Wildman–Crippen LogP) is 3.02. The topological polar surface area (TPSA) is 158 Å². The number of ether oxygens (including phenoxy) is 2. The monoisotopic (exact) mass is 565 g/mol. The van der Waals surface area contributed by atoms with Crippen LogP contribution in [0.25, 0.3) is 11.1 Å². The summed E-state index contributed by atoms with van der Waals surface area (Å²) in [6, 6.07) is 15.9. The predicted molar refractivity (Wildman–Crippen MR) is 149 cm³/mol. The van der Waals surface area contributed by atoms with Crippen LogP contribution in [0.2, 0.25) is 0 Å². The van der Waals surface area contributed by atoms with E-state index in [2.05, 4.69) is 21.3 Å². The molecule has 2 atom stereocenters. The molecule has 2 aliphatic rings. The van der Waals surface area contributed by atoms with E-state index in [0.717, 1.165) is 22.3 Å². The standard InChI is InChI=1S/C29H35N5O7/c1-28(2,3)41-27(39)32-23(13-14-24(35)33-29(25(36)37)30-15-16-34(29)4)31-26(38)40-17-22-20-11-7-5-9-18(20)19-10-6-8-12-21(19)22/h5-12,15-16,22-23,30H,13-14,17H2,1-4H3,(H,31,38)(H,32,39)(H,33,35)(H,36,37)/t23?,29-/m1/s1. The van der Waals surface area contributed by atoms with Crippen LogP contribution < -0.4 is 21.3 Å². The number of likely N-dealkylation sites (N-methyl/N-ethyl adjacent to an activating group) is 1. The van der Waals surface area contributed by atoms with Gasteiger partial charge < -0.3 is 40.7 Å². The molecule has 0 bridgehead atoms. The van der Waals surface area contributed by atoms with Crippen LogP contribution in [0, 0.1) is 0 Å². The Morgan fingerprint density at radius 3 is 2.12 bits per heavy atom. The van der Waals surface area contributed by atoms with Crippen molar-refractivity contribution in [1.29, 1.82) is 0 Å². The third-order valence-electron chi connectivity index (χ3n) is 6.74. The summed E-state index contributed by atoms with van der Waals surface area (Å²) in [6.07, 6.45) is -0.0575. The summed E-state index contributed by atoms with van der Waals surface area (Å²) in [5.41, 5.74) is 3.48. The van der Waals surface area contributed by atoms with Gasteiger partial charge in [-0.3, -0.25) is 4.79 Å². The van der Waals surface area contributed by atoms with E-state index in [4.69, 9.17) is 9.47 Å². The molecule has 0 saturated heterocycles. The molecule has 1 aliphatic heterocycles. The van der Waals surface area contributed by atoms with Gasteiger partial charge in [0, 0.05) is 31.8 Å². The first-order valence-corrected chi connectivity index (χ1v) is 13.2. The largest absolute Gasteiger partial charge is 0.477 e. The zero-order valence-electron chi connectivity index (χ0n) is 23.4. The number of nitrogens with one attached hydrogen (secondary N) is 4. The molecule has 1 aliphatic carbocycles. The summed E-state index contributed by atoms with van der Waals surface area (Å²) >= 11 is 0. The number of nitrogens with zero attached hydrogens (tertiary/aromatic N) is 1. The van der Waals surface area contributed by atoms with E-state index in [0.29, 0.717) is 0 Å². The van der Waals surface area contributed by atoms with Gasteiger partial charge in [0.1, 0.15) is 18.4 Å². The van der Waals surface area contributed by atoms with Crippen LogP contribution >= 0.6 is 0 Å². The highest BCUT2D eigenvalue weighted by Crippen LogP contribution is 2.44. The molecule has 0 radical (unpaired) electrons. The Bertz CT molecular complexity index is 1310. The molecule has 0 aromatic heterocycles. The molecule has 1 unspecified atom stereocenters. The summed E-state index contributed by atoms with van der Waals surface area (Å²) in [7, 11) is 1.50. The van der Waals surface area contributed by atoms with Gasteiger partial charge in [-0.1, -0.05) is 48.5 Å². The lowest BCUT2D eigenvalue weighted by molar-refractivity contribution is -0.155. The summed E-state index contributed by atoms with van der Waals surface area (Å²) in [4.78, 5) is 51.2. The van der Waals surface area contributed by atoms with Crippen LogP contribution in [0.4, 0.5) is 9.59 Å². The second-order valence-corrected chi connectivity index (χ2v) is 10.8. The lowest BCUT2D eigenvalue weighted by Crippen LogP contribution is -2.67. The molecular formula is C29H35N5O7. The number of carbonyl (C=O) groups excluding carboxylic acids is 3. The third kappa shape index (κ3) is 6.71. The average molecular weight is 566 g/mol. The van der Waals surface area contributed by atoms with Gasteiger partial charge in [0.2, 0.25) is 5.91 Å². The summed E-state index contributed by atoms with van der Waals surface area (Å²) in [6.45, 7) is 5.14. The highest BCUT2D eigenvalue weighted by molar-refractivity contribution is 5.87. The molecule has 12 nitrogen and oxygen atoms in total. The number of carbonyl (C=O) groups is 4. The highest BCUT2D eigenvalue weighted by Gasteiger charge is 2.45. The molecule has 41 heavy (non-hydrogen) atoms. The highest BCUT2D eigenvalue weighted by atomic mass is 16.6. The molecule has 3 amide bonds. The molecular weight excluding hydrogens is 530 g/mol. The van der Waals surface area contributed by atoms with Crippen molar-refractivity contribution < 1.29 is 33.8 Å². The molecule has 2 aromatic rings. The number of amides is 3. The fourth-order valence-electron chi connectivity index (χ4n) is 4.83. The Hall–Kier alpha value is -4.74. The lowest BCUT2D eigenvalue weighted by atomic mass is 9.98. The Morgan fingerprint density at radius 2 is 1.59 bits per heavy atom. The number of carboxylic acid groups (broad SMARTS) is 1. The maximum atomic E-state index is 12.9. The first-order valence-electron chi connectivity index (χ1n) is 13.2. The third-order valence-corrected chi connectivity index (χ3v) is 6.74. The number of alkyl carbamates (subject to hydrolysis) is 2. The average Bonchev–Trinajstić information content (AvgIpc) is 3.43. The molecule has 0 spiro atoms. The fraction of sp³-hybridized carbons (Fsp3) is 0.379. The van der Waals surface area contributed by atoms with E-state index in [-0.39, 0.29) is 25.4 Å². The molecule has 0 saturated carbocycles. The van der Waals surface area contributed by atoms with Crippen molar-refractivity contribution in [3.05, 3.63) is 72.1 Å². The van der Waals surface area contributed by atoms with Gasteiger partial charge in [-0.25, -0.2) is 14.4 Å². The molecule has 12 heteroatoms. The molecule has 5 N–H and O–H groups in total. The van der Waals surface area contributed by atoms with E-state index >= 15 is 0 Å². The Balaban J connectivity index is 1.40. The normalized spacial score (nSPS) is 18.0. The van der Waals surface area contributed by atoms with Crippen molar-refractivity contribution in [2.75, 3.05) is 13.7 Å². The van der Waals surface area contributed by atoms with Crippen molar-refractivity contribution in [3.8, 4) is 11.1 Å². The van der Waals surface area contributed by atoms with Gasteiger partial charge >= 0.3 is 18.2 Å². The van der Waals surface area contributed by atoms with Gasteiger partial charge in [0.15, 0.2) is 0 Å². The van der Waals surface area contributed by atoms with Crippen molar-refractivity contribution in [2.24, 2.45) is 0 Å². The lowest BCUT2D eigenvalue weighted by Gasteiger charge is -2.33. The number of benzene rings is 2. The molecule has 2 aromatic carbocycles. The first kappa shape index (κ1) is 29.2. The van der Waals surface area contributed by atoms with Crippen LogP contribution in [0.1, 0.15) is 50.7 Å². The number of hydrogen-bond acceptors (Lipinski definition) is 8. The van der Waals surface area contributed by atoms with Gasteiger partial charge in [0.25, 0.3) is 5.79 Å². The van der Waals surface area contributed by atoms with Crippen LogP contribution in [0.3, 0.4) is 0 Å². The molecule has 4 rings (SSSR count). The minimum atomic E-state index is -1.84. The quantitative estimate of drug-likeness (QED) is 0.288. The van der Waals surface area contributed by atoms with Crippen LogP contribution in [0.5, 0.6) is 0 Å². The van der Waals surface area contributed by atoms with Crippen molar-refractivity contribution in [2.45, 2.75) is 57.1 Å². The zero-order chi connectivity index (χ0) is 29.8. The van der Waals surface area contributed by atoms with Crippen molar-refractivity contribution in [3.63, 3.8) is 0 Å². The zero-order valence-corrected chi connectivity index (χ0v) is 23.4. The van der Waals surface area contributed by atoms with Gasteiger partial charge in [-0.15, -0.1) is 0 Å². The number of aliphatic carboxylic acids is 1. The fourth-order valence-corrected chi connectivity index (χ4v) is 4.83. The van der Waals surface area contributed by atoms with Gasteiger partial charge in [-0.2, -0.15) is 0 Å². The van der Waals surface area contributed by atoms with E-state index < -0.39 is 41.6 Å². The van der Waals surface area contributed by atoms with Crippen LogP contribution in [0.15, 0.2) is 60.9 Å². The number of fused-ring (bicyclic) bond motifs is 3. The minimum absolute atomic E-state index is 0.0612. The Labute approximate surface area is 238 Å². The van der Waals surface area contributed by atoms with Crippen molar-refractivity contribution in [1.82, 2.24) is 26.2 Å². The summed E-state index contributed by atoms with van der Waals surface area (Å²) in [5.74, 6) is -3.93. The number of hydrogen-bond donors (Lipinski definition) is 5.